The van der Waals surface area contributed by atoms with Gasteiger partial charge >= 0.3 is 0 Å². The molecule has 1 aliphatic heterocycles. The van der Waals surface area contributed by atoms with Gasteiger partial charge in [-0.2, -0.15) is 0 Å². The van der Waals surface area contributed by atoms with Gasteiger partial charge in [0, 0.05) is 37.9 Å². The summed E-state index contributed by atoms with van der Waals surface area (Å²) < 4.78 is 0. The summed E-state index contributed by atoms with van der Waals surface area (Å²) >= 11 is 0. The van der Waals surface area contributed by atoms with Gasteiger partial charge in [-0.1, -0.05) is 17.7 Å². The van der Waals surface area contributed by atoms with Gasteiger partial charge in [0.05, 0.1) is 0 Å². The molecular weight excluding hydrogens is 290 g/mol. The van der Waals surface area contributed by atoms with Crippen molar-refractivity contribution in [3.8, 4) is 0 Å². The molecule has 2 heterocycles. The number of nitrogens with zero attached hydrogens (tertiary/aromatic N) is 4. The first-order valence-corrected chi connectivity index (χ1v) is 7.75. The van der Waals surface area contributed by atoms with Crippen LogP contribution >= 0.6 is 0 Å². The summed E-state index contributed by atoms with van der Waals surface area (Å²) in [6.07, 6.45) is 1.46. The van der Waals surface area contributed by atoms with Gasteiger partial charge in [-0.25, -0.2) is 9.97 Å². The molecule has 0 spiro atoms. The average molecular weight is 311 g/mol. The Morgan fingerprint density at radius 1 is 1.09 bits per heavy atom. The number of likely N-dealkylation sites (N-methyl/N-ethyl adjacent to an activating group) is 1. The third-order valence-corrected chi connectivity index (χ3v) is 4.02. The molecule has 6 heteroatoms. The molecule has 120 valence electrons. The van der Waals surface area contributed by atoms with Crippen LogP contribution in [0.1, 0.15) is 16.1 Å². The Morgan fingerprint density at radius 3 is 2.48 bits per heavy atom. The van der Waals surface area contributed by atoms with Crippen molar-refractivity contribution in [3.63, 3.8) is 0 Å². The molecule has 1 aromatic heterocycles. The molecule has 23 heavy (non-hydrogen) atoms. The minimum Gasteiger partial charge on any atom is -0.354 e. The fourth-order valence-corrected chi connectivity index (χ4v) is 2.51. The Bertz CT molecular complexity index is 678. The van der Waals surface area contributed by atoms with Crippen LogP contribution in [0, 0.1) is 6.92 Å². The molecule has 1 fully saturated rings. The molecule has 1 amide bonds. The lowest BCUT2D eigenvalue weighted by Crippen LogP contribution is -2.44. The molecule has 6 nitrogen and oxygen atoms in total. The number of anilines is 2. The predicted octanol–water partition coefficient (Wildman–Crippen LogP) is 1.79. The summed E-state index contributed by atoms with van der Waals surface area (Å²) in [6, 6.07) is 9.46. The van der Waals surface area contributed by atoms with E-state index in [0.717, 1.165) is 43.2 Å². The Morgan fingerprint density at radius 2 is 1.78 bits per heavy atom. The Balaban J connectivity index is 1.71. The first-order chi connectivity index (χ1) is 11.1. The van der Waals surface area contributed by atoms with Crippen LogP contribution in [0.5, 0.6) is 0 Å². The second kappa shape index (κ2) is 6.75. The van der Waals surface area contributed by atoms with E-state index in [1.165, 1.54) is 6.33 Å². The first-order valence-electron chi connectivity index (χ1n) is 7.75. The van der Waals surface area contributed by atoms with Gasteiger partial charge in [0.2, 0.25) is 0 Å². The average Bonchev–Trinajstić information content (AvgIpc) is 2.58. The van der Waals surface area contributed by atoms with Gasteiger partial charge in [0.15, 0.2) is 0 Å². The molecule has 1 saturated heterocycles. The van der Waals surface area contributed by atoms with Gasteiger partial charge < -0.3 is 15.1 Å². The topological polar surface area (TPSA) is 61.4 Å². The number of rotatable bonds is 3. The Kier molecular flexibility index (Phi) is 4.52. The largest absolute Gasteiger partial charge is 0.354 e. The maximum Gasteiger partial charge on any atom is 0.274 e. The van der Waals surface area contributed by atoms with Crippen molar-refractivity contribution in [2.24, 2.45) is 0 Å². The number of nitrogens with one attached hydrogen (secondary N) is 1. The molecule has 2 aromatic rings. The van der Waals surface area contributed by atoms with E-state index in [-0.39, 0.29) is 5.91 Å². The number of amides is 1. The lowest BCUT2D eigenvalue weighted by Gasteiger charge is -2.33. The highest BCUT2D eigenvalue weighted by Gasteiger charge is 2.17. The van der Waals surface area contributed by atoms with E-state index in [2.05, 4.69) is 32.1 Å². The minimum absolute atomic E-state index is 0.216. The quantitative estimate of drug-likeness (QED) is 0.936. The van der Waals surface area contributed by atoms with Crippen molar-refractivity contribution in [1.82, 2.24) is 14.9 Å². The fraction of sp³-hybridized carbons (Fsp3) is 0.353. The van der Waals surface area contributed by atoms with Crippen molar-refractivity contribution in [2.75, 3.05) is 43.4 Å². The Labute approximate surface area is 136 Å². The number of aromatic nitrogens is 2. The number of piperazine rings is 1. The van der Waals surface area contributed by atoms with Crippen molar-refractivity contribution >= 4 is 17.4 Å². The number of carbonyl (C=O) groups excluding carboxylic acids is 1. The molecule has 0 radical (unpaired) electrons. The monoisotopic (exact) mass is 311 g/mol. The van der Waals surface area contributed by atoms with E-state index in [1.807, 2.05) is 31.2 Å². The standard InChI is InChI=1S/C17H21N5O/c1-13-3-5-14(6-4-13)20-17(23)15-11-16(19-12-18-15)22-9-7-21(2)8-10-22/h3-6,11-12H,7-10H2,1-2H3,(H,20,23). The third kappa shape index (κ3) is 3.84. The highest BCUT2D eigenvalue weighted by Crippen LogP contribution is 2.15. The van der Waals surface area contributed by atoms with E-state index < -0.39 is 0 Å². The second-order valence-electron chi connectivity index (χ2n) is 5.87. The van der Waals surface area contributed by atoms with Crippen LogP contribution in [-0.4, -0.2) is 54.0 Å². The zero-order valence-corrected chi connectivity index (χ0v) is 13.5. The van der Waals surface area contributed by atoms with Crippen LogP contribution in [0.4, 0.5) is 11.5 Å². The van der Waals surface area contributed by atoms with E-state index in [1.54, 1.807) is 6.07 Å². The summed E-state index contributed by atoms with van der Waals surface area (Å²) in [5.41, 5.74) is 2.30. The molecule has 0 bridgehead atoms. The molecule has 0 atom stereocenters. The first kappa shape index (κ1) is 15.4. The van der Waals surface area contributed by atoms with E-state index >= 15 is 0 Å². The highest BCUT2D eigenvalue weighted by atomic mass is 16.1. The predicted molar refractivity (Wildman–Crippen MR) is 90.9 cm³/mol. The number of benzene rings is 1. The lowest BCUT2D eigenvalue weighted by molar-refractivity contribution is 0.102. The molecule has 0 saturated carbocycles. The second-order valence-corrected chi connectivity index (χ2v) is 5.87. The van der Waals surface area contributed by atoms with E-state index in [4.69, 9.17) is 0 Å². The summed E-state index contributed by atoms with van der Waals surface area (Å²) in [4.78, 5) is 25.2. The summed E-state index contributed by atoms with van der Waals surface area (Å²) in [5.74, 6) is 0.591. The zero-order valence-electron chi connectivity index (χ0n) is 13.5. The van der Waals surface area contributed by atoms with Gasteiger partial charge in [0.1, 0.15) is 17.8 Å². The van der Waals surface area contributed by atoms with Gasteiger partial charge in [-0.3, -0.25) is 4.79 Å². The minimum atomic E-state index is -0.216. The van der Waals surface area contributed by atoms with Gasteiger partial charge in [-0.15, -0.1) is 0 Å². The number of carbonyl (C=O) groups is 1. The lowest BCUT2D eigenvalue weighted by atomic mass is 10.2. The van der Waals surface area contributed by atoms with Crippen LogP contribution in [0.15, 0.2) is 36.7 Å². The summed E-state index contributed by atoms with van der Waals surface area (Å²) in [5, 5.41) is 2.87. The smallest absolute Gasteiger partial charge is 0.274 e. The third-order valence-electron chi connectivity index (χ3n) is 4.02. The number of hydrogen-bond acceptors (Lipinski definition) is 5. The molecule has 0 unspecified atom stereocenters. The molecule has 3 rings (SSSR count). The van der Waals surface area contributed by atoms with Crippen LogP contribution in [0.2, 0.25) is 0 Å². The fourth-order valence-electron chi connectivity index (χ4n) is 2.51. The van der Waals surface area contributed by atoms with Crippen LogP contribution < -0.4 is 10.2 Å². The van der Waals surface area contributed by atoms with Crippen LogP contribution in [-0.2, 0) is 0 Å². The SMILES string of the molecule is Cc1ccc(NC(=O)c2cc(N3CCN(C)CC3)ncn2)cc1. The molecule has 0 aliphatic carbocycles. The van der Waals surface area contributed by atoms with E-state index in [0.29, 0.717) is 5.69 Å². The van der Waals surface area contributed by atoms with Crippen molar-refractivity contribution < 1.29 is 4.79 Å². The highest BCUT2D eigenvalue weighted by molar-refractivity contribution is 6.03. The maximum atomic E-state index is 12.4. The molecule has 1 aliphatic rings. The molecule has 1 aromatic carbocycles. The van der Waals surface area contributed by atoms with Crippen LogP contribution in [0.25, 0.3) is 0 Å². The van der Waals surface area contributed by atoms with Crippen LogP contribution in [0.3, 0.4) is 0 Å². The molecular formula is C17H21N5O. The van der Waals surface area contributed by atoms with Crippen molar-refractivity contribution in [2.45, 2.75) is 6.92 Å². The van der Waals surface area contributed by atoms with Gasteiger partial charge in [0.25, 0.3) is 5.91 Å². The molecule has 1 N–H and O–H groups in total. The normalized spacial score (nSPS) is 15.5. The van der Waals surface area contributed by atoms with Gasteiger partial charge in [-0.05, 0) is 26.1 Å². The number of aryl methyl sites for hydroxylation is 1. The van der Waals surface area contributed by atoms with E-state index in [9.17, 15) is 4.79 Å². The van der Waals surface area contributed by atoms with Crippen molar-refractivity contribution in [3.05, 3.63) is 47.9 Å². The summed E-state index contributed by atoms with van der Waals surface area (Å²) in [6.45, 7) is 5.82. The number of hydrogen-bond donors (Lipinski definition) is 1. The Hall–Kier alpha value is -2.47. The maximum absolute atomic E-state index is 12.4. The zero-order chi connectivity index (χ0) is 16.2. The summed E-state index contributed by atoms with van der Waals surface area (Å²) in [7, 11) is 2.11. The van der Waals surface area contributed by atoms with Crippen molar-refractivity contribution in [1.29, 1.82) is 0 Å².